The standard InChI is InChI=1S/C25H32N6/c1-17-6-5-13-26-22(17)19-8-4-10-21(30(19)2)24-28-18-7-3-9-20(23(18)29-24)31-15-14-27-25(16-31)11-12-25/h3,5-7,9,13,19,21,27H,4,8,10-12,14-16H2,1-2H3,(H,28,29). The van der Waals surface area contributed by atoms with Gasteiger partial charge in [0.15, 0.2) is 0 Å². The number of pyridine rings is 1. The number of rotatable bonds is 3. The zero-order valence-corrected chi connectivity index (χ0v) is 18.6. The third-order valence-corrected chi connectivity index (χ3v) is 7.70. The molecule has 6 rings (SSSR count). The van der Waals surface area contributed by atoms with Crippen LogP contribution in [0.4, 0.5) is 5.69 Å². The highest BCUT2D eigenvalue weighted by Gasteiger charge is 2.45. The van der Waals surface area contributed by atoms with E-state index in [0.29, 0.717) is 17.6 Å². The van der Waals surface area contributed by atoms with Gasteiger partial charge < -0.3 is 15.2 Å². The zero-order valence-electron chi connectivity index (χ0n) is 18.6. The number of likely N-dealkylation sites (tertiary alicyclic amines) is 1. The Morgan fingerprint density at radius 3 is 2.81 bits per heavy atom. The van der Waals surface area contributed by atoms with Crippen LogP contribution in [0.5, 0.6) is 0 Å². The lowest BCUT2D eigenvalue weighted by Gasteiger charge is -2.38. The Bertz CT molecular complexity index is 1100. The number of hydrogen-bond donors (Lipinski definition) is 2. The number of para-hydroxylation sites is 1. The van der Waals surface area contributed by atoms with Crippen LogP contribution < -0.4 is 10.2 Å². The minimum absolute atomic E-state index is 0.290. The van der Waals surface area contributed by atoms with Gasteiger partial charge in [0.2, 0.25) is 0 Å². The molecule has 2 aliphatic heterocycles. The Morgan fingerprint density at radius 1 is 1.10 bits per heavy atom. The van der Waals surface area contributed by atoms with Gasteiger partial charge in [0.25, 0.3) is 0 Å². The van der Waals surface area contributed by atoms with E-state index in [1.165, 1.54) is 36.2 Å². The van der Waals surface area contributed by atoms with E-state index >= 15 is 0 Å². The molecule has 3 aliphatic rings. The van der Waals surface area contributed by atoms with Crippen molar-refractivity contribution in [3.63, 3.8) is 0 Å². The van der Waals surface area contributed by atoms with Gasteiger partial charge in [0.1, 0.15) is 11.3 Å². The average molecular weight is 417 g/mol. The van der Waals surface area contributed by atoms with Crippen LogP contribution >= 0.6 is 0 Å². The van der Waals surface area contributed by atoms with Gasteiger partial charge in [-0.3, -0.25) is 9.88 Å². The number of piperazine rings is 1. The average Bonchev–Trinajstić information content (AvgIpc) is 3.37. The molecular formula is C25H32N6. The van der Waals surface area contributed by atoms with Crippen molar-refractivity contribution in [1.82, 2.24) is 25.2 Å². The number of fused-ring (bicyclic) bond motifs is 1. The maximum atomic E-state index is 5.20. The molecular weight excluding hydrogens is 384 g/mol. The van der Waals surface area contributed by atoms with Crippen molar-refractivity contribution in [2.24, 2.45) is 0 Å². The summed E-state index contributed by atoms with van der Waals surface area (Å²) in [4.78, 5) is 18.6. The topological polar surface area (TPSA) is 60.1 Å². The molecule has 0 amide bonds. The van der Waals surface area contributed by atoms with Crippen LogP contribution in [0.25, 0.3) is 11.0 Å². The number of anilines is 1. The SMILES string of the molecule is Cc1cccnc1C1CCCC(c2nc3c(N4CCNC5(CC5)C4)cccc3[nH]2)N1C. The van der Waals surface area contributed by atoms with Crippen LogP contribution in [-0.4, -0.2) is 52.1 Å². The van der Waals surface area contributed by atoms with E-state index in [2.05, 4.69) is 58.3 Å². The Kier molecular flexibility index (Phi) is 4.54. The van der Waals surface area contributed by atoms with Crippen molar-refractivity contribution in [3.8, 4) is 0 Å². The second-order valence-corrected chi connectivity index (χ2v) is 9.76. The number of nitrogens with one attached hydrogen (secondary N) is 2. The molecule has 1 aliphatic carbocycles. The molecule has 2 aromatic heterocycles. The number of hydrogen-bond acceptors (Lipinski definition) is 5. The van der Waals surface area contributed by atoms with Crippen LogP contribution in [0.3, 0.4) is 0 Å². The molecule has 0 radical (unpaired) electrons. The Labute approximate surface area is 184 Å². The van der Waals surface area contributed by atoms with Crippen molar-refractivity contribution in [3.05, 3.63) is 53.6 Å². The normalized spacial score (nSPS) is 25.9. The molecule has 31 heavy (non-hydrogen) atoms. The minimum Gasteiger partial charge on any atom is -0.367 e. The number of H-pyrrole nitrogens is 1. The van der Waals surface area contributed by atoms with Gasteiger partial charge in [-0.2, -0.15) is 0 Å². The molecule has 0 bridgehead atoms. The maximum Gasteiger partial charge on any atom is 0.124 e. The van der Waals surface area contributed by atoms with Crippen molar-refractivity contribution >= 4 is 16.7 Å². The van der Waals surface area contributed by atoms with Crippen LogP contribution in [0.1, 0.15) is 61.3 Å². The molecule has 1 spiro atoms. The first-order valence-electron chi connectivity index (χ1n) is 11.8. The summed E-state index contributed by atoms with van der Waals surface area (Å²) in [6.45, 7) is 5.38. The summed E-state index contributed by atoms with van der Waals surface area (Å²) in [5, 5.41) is 3.72. The van der Waals surface area contributed by atoms with Gasteiger partial charge in [0.05, 0.1) is 29.0 Å². The van der Waals surface area contributed by atoms with Gasteiger partial charge in [-0.25, -0.2) is 4.98 Å². The number of aromatic nitrogens is 3. The maximum absolute atomic E-state index is 5.20. The van der Waals surface area contributed by atoms with Crippen molar-refractivity contribution < 1.29 is 0 Å². The number of aromatic amines is 1. The second-order valence-electron chi connectivity index (χ2n) is 9.76. The fourth-order valence-corrected chi connectivity index (χ4v) is 5.73. The molecule has 4 heterocycles. The quantitative estimate of drug-likeness (QED) is 0.673. The van der Waals surface area contributed by atoms with E-state index in [9.17, 15) is 0 Å². The molecule has 1 aromatic carbocycles. The minimum atomic E-state index is 0.290. The fourth-order valence-electron chi connectivity index (χ4n) is 5.73. The number of benzene rings is 1. The van der Waals surface area contributed by atoms with E-state index in [0.717, 1.165) is 49.3 Å². The smallest absolute Gasteiger partial charge is 0.124 e. The summed E-state index contributed by atoms with van der Waals surface area (Å²) in [7, 11) is 2.24. The Balaban J connectivity index is 1.32. The molecule has 2 atom stereocenters. The number of aryl methyl sites for hydroxylation is 1. The highest BCUT2D eigenvalue weighted by Crippen LogP contribution is 2.42. The summed E-state index contributed by atoms with van der Waals surface area (Å²) < 4.78 is 0. The lowest BCUT2D eigenvalue weighted by atomic mass is 9.92. The molecule has 3 aromatic rings. The molecule has 162 valence electrons. The number of nitrogens with zero attached hydrogens (tertiary/aromatic N) is 4. The van der Waals surface area contributed by atoms with E-state index < -0.39 is 0 Å². The lowest BCUT2D eigenvalue weighted by molar-refractivity contribution is 0.107. The van der Waals surface area contributed by atoms with Crippen LogP contribution in [0, 0.1) is 6.92 Å². The molecule has 6 heteroatoms. The monoisotopic (exact) mass is 416 g/mol. The lowest BCUT2D eigenvalue weighted by Crippen LogP contribution is -2.52. The summed E-state index contributed by atoms with van der Waals surface area (Å²) >= 11 is 0. The Morgan fingerprint density at radius 2 is 1.97 bits per heavy atom. The first-order valence-corrected chi connectivity index (χ1v) is 11.8. The van der Waals surface area contributed by atoms with Crippen LogP contribution in [-0.2, 0) is 0 Å². The van der Waals surface area contributed by atoms with Crippen LogP contribution in [0.2, 0.25) is 0 Å². The van der Waals surface area contributed by atoms with E-state index in [1.54, 1.807) is 0 Å². The van der Waals surface area contributed by atoms with Crippen molar-refractivity contribution in [2.45, 2.75) is 56.7 Å². The molecule has 1 saturated carbocycles. The van der Waals surface area contributed by atoms with Crippen LogP contribution in [0.15, 0.2) is 36.5 Å². The van der Waals surface area contributed by atoms with Crippen molar-refractivity contribution in [1.29, 1.82) is 0 Å². The van der Waals surface area contributed by atoms with Gasteiger partial charge in [-0.05, 0) is 69.8 Å². The largest absolute Gasteiger partial charge is 0.367 e. The summed E-state index contributed by atoms with van der Waals surface area (Å²) in [6.07, 6.45) is 8.00. The zero-order chi connectivity index (χ0) is 21.0. The molecule has 2 unspecified atom stereocenters. The molecule has 2 saturated heterocycles. The third kappa shape index (κ3) is 3.33. The predicted molar refractivity (Wildman–Crippen MR) is 124 cm³/mol. The third-order valence-electron chi connectivity index (χ3n) is 7.70. The van der Waals surface area contributed by atoms with E-state index in [1.807, 2.05) is 12.3 Å². The molecule has 2 N–H and O–H groups in total. The Hall–Kier alpha value is -2.44. The van der Waals surface area contributed by atoms with Gasteiger partial charge >= 0.3 is 0 Å². The summed E-state index contributed by atoms with van der Waals surface area (Å²) in [6, 6.07) is 11.4. The molecule has 6 nitrogen and oxygen atoms in total. The second kappa shape index (κ2) is 7.31. The highest BCUT2D eigenvalue weighted by atomic mass is 15.3. The van der Waals surface area contributed by atoms with E-state index in [-0.39, 0.29) is 0 Å². The number of imidazole rings is 1. The van der Waals surface area contributed by atoms with E-state index in [4.69, 9.17) is 9.97 Å². The van der Waals surface area contributed by atoms with Gasteiger partial charge in [-0.15, -0.1) is 0 Å². The van der Waals surface area contributed by atoms with Crippen molar-refractivity contribution in [2.75, 3.05) is 31.6 Å². The first kappa shape index (κ1) is 19.3. The fraction of sp³-hybridized carbons (Fsp3) is 0.520. The predicted octanol–water partition coefficient (Wildman–Crippen LogP) is 4.11. The molecule has 3 fully saturated rings. The summed E-state index contributed by atoms with van der Waals surface area (Å²) in [5.74, 6) is 1.10. The van der Waals surface area contributed by atoms with Gasteiger partial charge in [0, 0.05) is 31.4 Å². The summed E-state index contributed by atoms with van der Waals surface area (Å²) in [5.41, 5.74) is 6.40. The first-order chi connectivity index (χ1) is 15.1. The highest BCUT2D eigenvalue weighted by molar-refractivity contribution is 5.89. The van der Waals surface area contributed by atoms with Gasteiger partial charge in [-0.1, -0.05) is 12.1 Å². The number of piperidine rings is 1.